The van der Waals surface area contributed by atoms with Crippen molar-refractivity contribution in [3.8, 4) is 0 Å². The van der Waals surface area contributed by atoms with Gasteiger partial charge in [-0.15, -0.1) is 0 Å². The smallest absolute Gasteiger partial charge is 0.0902 e. The van der Waals surface area contributed by atoms with E-state index < -0.39 is 0 Å². The molecule has 0 aromatic carbocycles. The summed E-state index contributed by atoms with van der Waals surface area (Å²) >= 11 is 0. The highest BCUT2D eigenvalue weighted by molar-refractivity contribution is 4.90. The van der Waals surface area contributed by atoms with E-state index in [1.807, 2.05) is 0 Å². The van der Waals surface area contributed by atoms with Gasteiger partial charge in [-0.05, 0) is 32.7 Å². The third kappa shape index (κ3) is 3.67. The normalized spacial score (nSPS) is 32.5. The monoisotopic (exact) mass is 240 g/mol. The van der Waals surface area contributed by atoms with Gasteiger partial charge in [0.05, 0.1) is 12.2 Å². The predicted octanol–water partition coefficient (Wildman–Crippen LogP) is 1.88. The van der Waals surface area contributed by atoms with E-state index in [4.69, 9.17) is 4.74 Å². The summed E-state index contributed by atoms with van der Waals surface area (Å²) in [7, 11) is 2.26. The Morgan fingerprint density at radius 3 is 2.71 bits per heavy atom. The van der Waals surface area contributed by atoms with Gasteiger partial charge in [0.25, 0.3) is 0 Å². The van der Waals surface area contributed by atoms with Crippen molar-refractivity contribution in [2.45, 2.75) is 51.2 Å². The first-order valence-corrected chi connectivity index (χ1v) is 7.14. The van der Waals surface area contributed by atoms with E-state index in [2.05, 4.69) is 31.1 Å². The number of hydrogen-bond donors (Lipinski definition) is 1. The molecular weight excluding hydrogens is 212 g/mol. The summed E-state index contributed by atoms with van der Waals surface area (Å²) in [5.74, 6) is 0.908. The average molecular weight is 240 g/mol. The van der Waals surface area contributed by atoms with Crippen molar-refractivity contribution in [2.75, 3.05) is 33.3 Å². The van der Waals surface area contributed by atoms with Gasteiger partial charge < -0.3 is 15.0 Å². The highest BCUT2D eigenvalue weighted by Crippen LogP contribution is 2.26. The summed E-state index contributed by atoms with van der Waals surface area (Å²) in [5.41, 5.74) is 0.112. The maximum absolute atomic E-state index is 5.95. The Kier molecular flexibility index (Phi) is 4.45. The molecule has 2 rings (SSSR count). The molecule has 2 aliphatic rings. The van der Waals surface area contributed by atoms with Crippen molar-refractivity contribution >= 4 is 0 Å². The summed E-state index contributed by atoms with van der Waals surface area (Å²) in [4.78, 5) is 2.51. The van der Waals surface area contributed by atoms with E-state index >= 15 is 0 Å². The van der Waals surface area contributed by atoms with Crippen LogP contribution in [0.2, 0.25) is 0 Å². The molecule has 1 N–H and O–H groups in total. The fourth-order valence-electron chi connectivity index (χ4n) is 3.00. The van der Waals surface area contributed by atoms with Crippen LogP contribution in [0.5, 0.6) is 0 Å². The van der Waals surface area contributed by atoms with Crippen LogP contribution in [0.25, 0.3) is 0 Å². The number of ether oxygens (including phenoxy) is 1. The molecule has 0 aromatic heterocycles. The Morgan fingerprint density at radius 2 is 2.12 bits per heavy atom. The second-order valence-electron chi connectivity index (χ2n) is 6.31. The summed E-state index contributed by atoms with van der Waals surface area (Å²) < 4.78 is 5.95. The van der Waals surface area contributed by atoms with E-state index in [9.17, 15) is 0 Å². The Balaban J connectivity index is 1.64. The Labute approximate surface area is 106 Å². The molecule has 1 heterocycles. The number of nitrogens with zero attached hydrogens (tertiary/aromatic N) is 1. The topological polar surface area (TPSA) is 24.5 Å². The molecule has 0 spiro atoms. The summed E-state index contributed by atoms with van der Waals surface area (Å²) in [6.07, 6.45) is 5.57. The van der Waals surface area contributed by atoms with Crippen LogP contribution in [0.1, 0.15) is 39.5 Å². The molecule has 3 heteroatoms. The minimum absolute atomic E-state index is 0.112. The first kappa shape index (κ1) is 13.3. The fourth-order valence-corrected chi connectivity index (χ4v) is 3.00. The maximum Gasteiger partial charge on any atom is 0.0902 e. The molecule has 1 saturated carbocycles. The second kappa shape index (κ2) is 5.68. The van der Waals surface area contributed by atoms with Gasteiger partial charge in [0.15, 0.2) is 0 Å². The standard InChI is InChI=1S/C14H28N2O/c1-12-5-4-6-13(9-12)16(3)7-8-17-14(2)10-15-11-14/h12-13,15H,4-11H2,1-3H3. The van der Waals surface area contributed by atoms with Gasteiger partial charge in [0, 0.05) is 25.7 Å². The zero-order chi connectivity index (χ0) is 12.3. The first-order valence-electron chi connectivity index (χ1n) is 7.14. The van der Waals surface area contributed by atoms with Crippen molar-refractivity contribution in [3.63, 3.8) is 0 Å². The van der Waals surface area contributed by atoms with Crippen LogP contribution in [0, 0.1) is 5.92 Å². The predicted molar refractivity (Wildman–Crippen MR) is 71.3 cm³/mol. The molecule has 17 heavy (non-hydrogen) atoms. The zero-order valence-electron chi connectivity index (χ0n) is 11.7. The quantitative estimate of drug-likeness (QED) is 0.794. The van der Waals surface area contributed by atoms with Gasteiger partial charge in [-0.25, -0.2) is 0 Å². The van der Waals surface area contributed by atoms with Crippen LogP contribution in [0.4, 0.5) is 0 Å². The first-order chi connectivity index (χ1) is 8.09. The van der Waals surface area contributed by atoms with Gasteiger partial charge >= 0.3 is 0 Å². The Bertz CT molecular complexity index is 240. The molecule has 1 aliphatic heterocycles. The van der Waals surface area contributed by atoms with Crippen LogP contribution in [0.3, 0.4) is 0 Å². The van der Waals surface area contributed by atoms with Gasteiger partial charge in [0.2, 0.25) is 0 Å². The number of rotatable bonds is 5. The van der Waals surface area contributed by atoms with Crippen molar-refractivity contribution in [2.24, 2.45) is 5.92 Å². The molecule has 3 nitrogen and oxygen atoms in total. The van der Waals surface area contributed by atoms with Gasteiger partial charge in [0.1, 0.15) is 0 Å². The summed E-state index contributed by atoms with van der Waals surface area (Å²) in [5, 5.41) is 3.27. The number of nitrogens with one attached hydrogen (secondary N) is 1. The molecule has 1 saturated heterocycles. The molecule has 1 aliphatic carbocycles. The SMILES string of the molecule is CC1CCCC(N(C)CCOC2(C)CNC2)C1. The van der Waals surface area contributed by atoms with Crippen molar-refractivity contribution in [1.82, 2.24) is 10.2 Å². The van der Waals surface area contributed by atoms with E-state index in [0.29, 0.717) is 0 Å². The minimum Gasteiger partial charge on any atom is -0.371 e. The summed E-state index contributed by atoms with van der Waals surface area (Å²) in [6.45, 7) is 8.56. The third-order valence-corrected chi connectivity index (χ3v) is 4.42. The van der Waals surface area contributed by atoms with Gasteiger partial charge in [-0.3, -0.25) is 0 Å². The molecule has 2 atom stereocenters. The lowest BCUT2D eigenvalue weighted by atomic mass is 9.86. The highest BCUT2D eigenvalue weighted by atomic mass is 16.5. The number of likely N-dealkylation sites (N-methyl/N-ethyl adjacent to an activating group) is 1. The van der Waals surface area contributed by atoms with E-state index in [0.717, 1.165) is 38.2 Å². The fraction of sp³-hybridized carbons (Fsp3) is 1.00. The minimum atomic E-state index is 0.112. The van der Waals surface area contributed by atoms with Crippen molar-refractivity contribution in [3.05, 3.63) is 0 Å². The van der Waals surface area contributed by atoms with Crippen molar-refractivity contribution < 1.29 is 4.74 Å². The van der Waals surface area contributed by atoms with Gasteiger partial charge in [-0.1, -0.05) is 19.8 Å². The highest BCUT2D eigenvalue weighted by Gasteiger charge is 2.32. The maximum atomic E-state index is 5.95. The van der Waals surface area contributed by atoms with E-state index in [1.165, 1.54) is 25.7 Å². The lowest BCUT2D eigenvalue weighted by Gasteiger charge is -2.40. The summed E-state index contributed by atoms with van der Waals surface area (Å²) in [6, 6.07) is 0.787. The molecule has 2 fully saturated rings. The molecule has 0 aromatic rings. The number of hydrogen-bond acceptors (Lipinski definition) is 3. The van der Waals surface area contributed by atoms with Crippen LogP contribution in [-0.4, -0.2) is 49.8 Å². The lowest BCUT2D eigenvalue weighted by molar-refractivity contribution is -0.0738. The molecule has 0 amide bonds. The lowest BCUT2D eigenvalue weighted by Crippen LogP contribution is -2.59. The molecule has 0 radical (unpaired) electrons. The van der Waals surface area contributed by atoms with Crippen LogP contribution in [-0.2, 0) is 4.74 Å². The van der Waals surface area contributed by atoms with Crippen molar-refractivity contribution in [1.29, 1.82) is 0 Å². The molecule has 100 valence electrons. The second-order valence-corrected chi connectivity index (χ2v) is 6.31. The van der Waals surface area contributed by atoms with Crippen LogP contribution in [0.15, 0.2) is 0 Å². The van der Waals surface area contributed by atoms with Crippen LogP contribution >= 0.6 is 0 Å². The van der Waals surface area contributed by atoms with Crippen LogP contribution < -0.4 is 5.32 Å². The average Bonchev–Trinajstić information content (AvgIpc) is 2.26. The Morgan fingerprint density at radius 1 is 1.35 bits per heavy atom. The Hall–Kier alpha value is -0.120. The van der Waals surface area contributed by atoms with E-state index in [-0.39, 0.29) is 5.60 Å². The molecule has 0 bridgehead atoms. The van der Waals surface area contributed by atoms with Gasteiger partial charge in [-0.2, -0.15) is 0 Å². The van der Waals surface area contributed by atoms with E-state index in [1.54, 1.807) is 0 Å². The third-order valence-electron chi connectivity index (χ3n) is 4.42. The largest absolute Gasteiger partial charge is 0.371 e. The zero-order valence-corrected chi connectivity index (χ0v) is 11.7. The molecular formula is C14H28N2O. The molecule has 2 unspecified atom stereocenters.